The molecule has 7 heteroatoms. The van der Waals surface area contributed by atoms with Gasteiger partial charge >= 0.3 is 0 Å². The molecule has 0 radical (unpaired) electrons. The van der Waals surface area contributed by atoms with Crippen molar-refractivity contribution in [2.75, 3.05) is 56.3 Å². The zero-order valence-corrected chi connectivity index (χ0v) is 20.1. The van der Waals surface area contributed by atoms with Crippen molar-refractivity contribution in [1.29, 1.82) is 0 Å². The third-order valence-electron chi connectivity index (χ3n) is 5.20. The van der Waals surface area contributed by atoms with Crippen LogP contribution in [0.2, 0.25) is 0 Å². The highest BCUT2D eigenvalue weighted by molar-refractivity contribution is 7.99. The molecule has 0 spiro atoms. The number of anilines is 1. The van der Waals surface area contributed by atoms with Crippen LogP contribution in [-0.2, 0) is 6.42 Å². The zero-order valence-electron chi connectivity index (χ0n) is 19.3. The van der Waals surface area contributed by atoms with Crippen LogP contribution in [0.5, 0.6) is 17.2 Å². The molecule has 6 nitrogen and oxygen atoms in total. The van der Waals surface area contributed by atoms with Crippen molar-refractivity contribution in [3.8, 4) is 17.2 Å². The van der Waals surface area contributed by atoms with Crippen molar-refractivity contribution in [3.63, 3.8) is 0 Å². The fourth-order valence-electron chi connectivity index (χ4n) is 3.59. The van der Waals surface area contributed by atoms with E-state index in [4.69, 9.17) is 14.2 Å². The Bertz CT molecular complexity index is 840. The highest BCUT2D eigenvalue weighted by atomic mass is 32.2. The summed E-state index contributed by atoms with van der Waals surface area (Å²) in [5.41, 5.74) is 2.50. The molecular weight excluding hydrogens is 424 g/mol. The monoisotopic (exact) mass is 458 g/mol. The number of ether oxygens (including phenoxy) is 3. The standard InChI is InChI=1S/C25H34N2O4S/c1-4-29-22-17-20(18-23(30-5-2)24(22)31-6-3)25(28)26-21-9-7-19(8-10-21)11-12-27-13-15-32-16-14-27/h7-10,17-18H,4-6,11-16H2,1-3H3,(H,26,28). The number of rotatable bonds is 11. The minimum Gasteiger partial charge on any atom is -0.490 e. The molecule has 1 aliphatic rings. The van der Waals surface area contributed by atoms with Crippen LogP contribution >= 0.6 is 11.8 Å². The number of carbonyl (C=O) groups is 1. The summed E-state index contributed by atoms with van der Waals surface area (Å²) in [4.78, 5) is 15.5. The van der Waals surface area contributed by atoms with Crippen LogP contribution in [0.15, 0.2) is 36.4 Å². The summed E-state index contributed by atoms with van der Waals surface area (Å²) in [6.07, 6.45) is 1.02. The second-order valence-electron chi connectivity index (χ2n) is 7.46. The van der Waals surface area contributed by atoms with Gasteiger partial charge in [0.15, 0.2) is 11.5 Å². The summed E-state index contributed by atoms with van der Waals surface area (Å²) in [6, 6.07) is 11.5. The molecule has 32 heavy (non-hydrogen) atoms. The average molecular weight is 459 g/mol. The number of thioether (sulfide) groups is 1. The molecule has 174 valence electrons. The van der Waals surface area contributed by atoms with Crippen LogP contribution < -0.4 is 19.5 Å². The molecule has 0 aliphatic carbocycles. The molecule has 0 atom stereocenters. The first-order chi connectivity index (χ1) is 15.6. The van der Waals surface area contributed by atoms with Crippen molar-refractivity contribution < 1.29 is 19.0 Å². The summed E-state index contributed by atoms with van der Waals surface area (Å²) >= 11 is 2.03. The number of amides is 1. The van der Waals surface area contributed by atoms with Crippen molar-refractivity contribution in [3.05, 3.63) is 47.5 Å². The van der Waals surface area contributed by atoms with Gasteiger partial charge in [-0.15, -0.1) is 0 Å². The Morgan fingerprint density at radius 3 is 2.09 bits per heavy atom. The predicted molar refractivity (Wildman–Crippen MR) is 132 cm³/mol. The Hall–Kier alpha value is -2.38. The number of nitrogens with zero attached hydrogens (tertiary/aromatic N) is 1. The van der Waals surface area contributed by atoms with Crippen LogP contribution in [-0.4, -0.2) is 61.8 Å². The number of carbonyl (C=O) groups excluding carboxylic acids is 1. The number of hydrogen-bond acceptors (Lipinski definition) is 6. The van der Waals surface area contributed by atoms with Crippen molar-refractivity contribution in [2.45, 2.75) is 27.2 Å². The molecule has 2 aromatic rings. The normalized spacial score (nSPS) is 14.1. The molecule has 1 amide bonds. The van der Waals surface area contributed by atoms with Gasteiger partial charge in [-0.3, -0.25) is 4.79 Å². The molecule has 0 aromatic heterocycles. The SMILES string of the molecule is CCOc1cc(C(=O)Nc2ccc(CCN3CCSCC3)cc2)cc(OCC)c1OCC. The first-order valence-corrected chi connectivity index (χ1v) is 12.6. The zero-order chi connectivity index (χ0) is 22.8. The van der Waals surface area contributed by atoms with E-state index in [1.165, 1.54) is 30.2 Å². The summed E-state index contributed by atoms with van der Waals surface area (Å²) in [7, 11) is 0. The molecule has 0 saturated carbocycles. The van der Waals surface area contributed by atoms with E-state index in [0.29, 0.717) is 42.6 Å². The lowest BCUT2D eigenvalue weighted by Gasteiger charge is -2.26. The van der Waals surface area contributed by atoms with Gasteiger partial charge in [0.05, 0.1) is 19.8 Å². The molecule has 1 fully saturated rings. The topological polar surface area (TPSA) is 60.0 Å². The quantitative estimate of drug-likeness (QED) is 0.526. The van der Waals surface area contributed by atoms with Crippen LogP contribution in [0.3, 0.4) is 0 Å². The molecule has 1 saturated heterocycles. The smallest absolute Gasteiger partial charge is 0.255 e. The van der Waals surface area contributed by atoms with Gasteiger partial charge in [-0.25, -0.2) is 0 Å². The fraction of sp³-hybridized carbons (Fsp3) is 0.480. The summed E-state index contributed by atoms with van der Waals surface area (Å²) in [5, 5.41) is 2.98. The third-order valence-corrected chi connectivity index (χ3v) is 6.15. The Balaban J connectivity index is 1.67. The van der Waals surface area contributed by atoms with Crippen LogP contribution in [0, 0.1) is 0 Å². The second-order valence-corrected chi connectivity index (χ2v) is 8.68. The van der Waals surface area contributed by atoms with Crippen molar-refractivity contribution in [1.82, 2.24) is 4.90 Å². The number of benzene rings is 2. The molecule has 1 aliphatic heterocycles. The highest BCUT2D eigenvalue weighted by Gasteiger charge is 2.18. The molecule has 1 heterocycles. The van der Waals surface area contributed by atoms with E-state index < -0.39 is 0 Å². The molecular formula is C25H34N2O4S. The van der Waals surface area contributed by atoms with E-state index in [-0.39, 0.29) is 5.91 Å². The lowest BCUT2D eigenvalue weighted by Crippen LogP contribution is -2.34. The van der Waals surface area contributed by atoms with Gasteiger partial charge in [0.1, 0.15) is 0 Å². The van der Waals surface area contributed by atoms with E-state index in [1.807, 2.05) is 44.7 Å². The van der Waals surface area contributed by atoms with Gasteiger partial charge in [-0.1, -0.05) is 12.1 Å². The summed E-state index contributed by atoms with van der Waals surface area (Å²) in [6.45, 7) is 10.5. The van der Waals surface area contributed by atoms with Crippen LogP contribution in [0.25, 0.3) is 0 Å². The van der Waals surface area contributed by atoms with E-state index in [2.05, 4.69) is 22.3 Å². The molecule has 1 N–H and O–H groups in total. The maximum Gasteiger partial charge on any atom is 0.255 e. The summed E-state index contributed by atoms with van der Waals surface area (Å²) in [5.74, 6) is 3.80. The van der Waals surface area contributed by atoms with E-state index >= 15 is 0 Å². The Morgan fingerprint density at radius 2 is 1.53 bits per heavy atom. The van der Waals surface area contributed by atoms with E-state index in [9.17, 15) is 4.79 Å². The van der Waals surface area contributed by atoms with Crippen molar-refractivity contribution >= 4 is 23.4 Å². The lowest BCUT2D eigenvalue weighted by molar-refractivity contribution is 0.102. The molecule has 0 unspecified atom stereocenters. The van der Waals surface area contributed by atoms with Gasteiger partial charge in [0, 0.05) is 42.4 Å². The van der Waals surface area contributed by atoms with Gasteiger partial charge in [-0.05, 0) is 57.0 Å². The minimum atomic E-state index is -0.214. The van der Waals surface area contributed by atoms with Crippen LogP contribution in [0.1, 0.15) is 36.7 Å². The summed E-state index contributed by atoms with van der Waals surface area (Å²) < 4.78 is 17.2. The Labute approximate surface area is 195 Å². The first kappa shape index (κ1) is 24.3. The maximum absolute atomic E-state index is 12.9. The van der Waals surface area contributed by atoms with Gasteiger partial charge in [0.25, 0.3) is 5.91 Å². The third kappa shape index (κ3) is 6.81. The van der Waals surface area contributed by atoms with E-state index in [1.54, 1.807) is 12.1 Å². The van der Waals surface area contributed by atoms with Gasteiger partial charge in [0.2, 0.25) is 5.75 Å². The van der Waals surface area contributed by atoms with Gasteiger partial charge in [-0.2, -0.15) is 11.8 Å². The van der Waals surface area contributed by atoms with E-state index in [0.717, 1.165) is 18.7 Å². The van der Waals surface area contributed by atoms with Crippen molar-refractivity contribution in [2.24, 2.45) is 0 Å². The minimum absolute atomic E-state index is 0.214. The number of hydrogen-bond donors (Lipinski definition) is 1. The molecule has 0 bridgehead atoms. The molecule has 2 aromatic carbocycles. The number of nitrogens with one attached hydrogen (secondary N) is 1. The Kier molecular flexibility index (Phi) is 9.56. The highest BCUT2D eigenvalue weighted by Crippen LogP contribution is 2.39. The van der Waals surface area contributed by atoms with Crippen LogP contribution in [0.4, 0.5) is 5.69 Å². The first-order valence-electron chi connectivity index (χ1n) is 11.4. The average Bonchev–Trinajstić information content (AvgIpc) is 2.81. The Morgan fingerprint density at radius 1 is 0.938 bits per heavy atom. The predicted octanol–water partition coefficient (Wildman–Crippen LogP) is 4.73. The maximum atomic E-state index is 12.9. The van der Waals surface area contributed by atoms with Gasteiger partial charge < -0.3 is 24.4 Å². The molecule has 3 rings (SSSR count). The second kappa shape index (κ2) is 12.6. The lowest BCUT2D eigenvalue weighted by atomic mass is 10.1. The largest absolute Gasteiger partial charge is 0.490 e. The fourth-order valence-corrected chi connectivity index (χ4v) is 4.57.